The number of ether oxygens (including phenoxy) is 2. The lowest BCUT2D eigenvalue weighted by Crippen LogP contribution is -2.28. The van der Waals surface area contributed by atoms with Gasteiger partial charge in [-0.25, -0.2) is 4.98 Å². The van der Waals surface area contributed by atoms with Crippen LogP contribution in [-0.4, -0.2) is 31.2 Å². The van der Waals surface area contributed by atoms with Crippen molar-refractivity contribution in [2.24, 2.45) is 0 Å². The first-order chi connectivity index (χ1) is 10.6. The molecule has 0 fully saturated rings. The molecule has 0 spiro atoms. The Hall–Kier alpha value is -1.98. The molecule has 116 valence electrons. The first-order valence-corrected chi connectivity index (χ1v) is 7.22. The molecule has 1 N–H and O–H groups in total. The second-order valence-corrected chi connectivity index (χ2v) is 5.02. The molecule has 0 saturated heterocycles. The highest BCUT2D eigenvalue weighted by Gasteiger charge is 2.09. The fraction of sp³-hybridized carbons (Fsp3) is 0.200. The number of amides is 1. The summed E-state index contributed by atoms with van der Waals surface area (Å²) in [6.07, 6.45) is 1.37. The highest BCUT2D eigenvalue weighted by Crippen LogP contribution is 2.25. The van der Waals surface area contributed by atoms with E-state index in [1.54, 1.807) is 19.2 Å². The second kappa shape index (κ2) is 7.87. The maximum atomic E-state index is 11.9. The van der Waals surface area contributed by atoms with Gasteiger partial charge in [0.15, 0.2) is 11.5 Å². The second-order valence-electron chi connectivity index (χ2n) is 4.25. The number of hydrogen-bond donors (Lipinski definition) is 1. The number of carbonyl (C=O) groups excluding carboxylic acids is 1. The van der Waals surface area contributed by atoms with Crippen molar-refractivity contribution < 1.29 is 14.3 Å². The Morgan fingerprint density at radius 2 is 2.00 bits per heavy atom. The van der Waals surface area contributed by atoms with Gasteiger partial charge in [-0.1, -0.05) is 35.3 Å². The molecule has 0 saturated carbocycles. The van der Waals surface area contributed by atoms with E-state index in [0.29, 0.717) is 30.2 Å². The molecule has 22 heavy (non-hydrogen) atoms. The average Bonchev–Trinajstić information content (AvgIpc) is 2.54. The Labute approximate surface area is 138 Å². The van der Waals surface area contributed by atoms with E-state index < -0.39 is 0 Å². The predicted octanol–water partition coefficient (Wildman–Crippen LogP) is 3.21. The van der Waals surface area contributed by atoms with Crippen molar-refractivity contribution in [3.63, 3.8) is 0 Å². The SMILES string of the molecule is COc1ccccc1OCCNC(=O)c1cnc(Cl)c(Cl)c1. The fourth-order valence-corrected chi connectivity index (χ4v) is 1.98. The lowest BCUT2D eigenvalue weighted by atomic mass is 10.3. The summed E-state index contributed by atoms with van der Waals surface area (Å²) < 4.78 is 10.7. The summed E-state index contributed by atoms with van der Waals surface area (Å²) in [4.78, 5) is 15.7. The zero-order valence-corrected chi connectivity index (χ0v) is 13.3. The molecule has 7 heteroatoms. The van der Waals surface area contributed by atoms with Crippen LogP contribution >= 0.6 is 23.2 Å². The Balaban J connectivity index is 1.83. The van der Waals surface area contributed by atoms with Crippen LogP contribution in [0.4, 0.5) is 0 Å². The molecule has 0 aliphatic carbocycles. The van der Waals surface area contributed by atoms with Crippen LogP contribution in [0, 0.1) is 0 Å². The molecule has 1 heterocycles. The van der Waals surface area contributed by atoms with Gasteiger partial charge in [-0.2, -0.15) is 0 Å². The number of para-hydroxylation sites is 2. The molecule has 2 rings (SSSR count). The Bertz CT molecular complexity index is 665. The van der Waals surface area contributed by atoms with Crippen LogP contribution in [0.3, 0.4) is 0 Å². The topological polar surface area (TPSA) is 60.5 Å². The summed E-state index contributed by atoms with van der Waals surface area (Å²) in [6.45, 7) is 0.637. The summed E-state index contributed by atoms with van der Waals surface area (Å²) in [7, 11) is 1.57. The van der Waals surface area contributed by atoms with Crippen LogP contribution in [-0.2, 0) is 0 Å². The molecule has 1 aromatic heterocycles. The van der Waals surface area contributed by atoms with Crippen LogP contribution in [0.25, 0.3) is 0 Å². The van der Waals surface area contributed by atoms with Gasteiger partial charge in [0.25, 0.3) is 5.91 Å². The highest BCUT2D eigenvalue weighted by molar-refractivity contribution is 6.41. The Morgan fingerprint density at radius 3 is 2.68 bits per heavy atom. The minimum atomic E-state index is -0.297. The third kappa shape index (κ3) is 4.26. The number of benzene rings is 1. The lowest BCUT2D eigenvalue weighted by molar-refractivity contribution is 0.0946. The number of carbonyl (C=O) groups is 1. The van der Waals surface area contributed by atoms with E-state index in [0.717, 1.165) is 0 Å². The molecule has 2 aromatic rings. The number of methoxy groups -OCH3 is 1. The minimum absolute atomic E-state index is 0.165. The molecule has 0 atom stereocenters. The van der Waals surface area contributed by atoms with Gasteiger partial charge in [-0.15, -0.1) is 0 Å². The molecule has 1 aromatic carbocycles. The number of pyridine rings is 1. The summed E-state index contributed by atoms with van der Waals surface area (Å²) in [5.41, 5.74) is 0.340. The highest BCUT2D eigenvalue weighted by atomic mass is 35.5. The van der Waals surface area contributed by atoms with Crippen molar-refractivity contribution in [2.45, 2.75) is 0 Å². The summed E-state index contributed by atoms with van der Waals surface area (Å²) in [5, 5.41) is 3.11. The third-order valence-corrected chi connectivity index (χ3v) is 3.46. The van der Waals surface area contributed by atoms with Gasteiger partial charge in [0, 0.05) is 6.20 Å². The van der Waals surface area contributed by atoms with Crippen molar-refractivity contribution in [2.75, 3.05) is 20.3 Å². The molecule has 1 amide bonds. The van der Waals surface area contributed by atoms with Gasteiger partial charge in [0.05, 0.1) is 24.2 Å². The smallest absolute Gasteiger partial charge is 0.253 e. The first-order valence-electron chi connectivity index (χ1n) is 6.47. The van der Waals surface area contributed by atoms with Crippen molar-refractivity contribution in [3.8, 4) is 11.5 Å². The van der Waals surface area contributed by atoms with Gasteiger partial charge in [0.1, 0.15) is 11.8 Å². The summed E-state index contributed by atoms with van der Waals surface area (Å²) in [5.74, 6) is 0.965. The van der Waals surface area contributed by atoms with Crippen molar-refractivity contribution in [1.29, 1.82) is 0 Å². The number of nitrogens with zero attached hydrogens (tertiary/aromatic N) is 1. The zero-order chi connectivity index (χ0) is 15.9. The number of hydrogen-bond acceptors (Lipinski definition) is 4. The number of aromatic nitrogens is 1. The normalized spacial score (nSPS) is 10.1. The first kappa shape index (κ1) is 16.4. The molecule has 0 bridgehead atoms. The molecule has 5 nitrogen and oxygen atoms in total. The van der Waals surface area contributed by atoms with E-state index in [1.165, 1.54) is 12.3 Å². The van der Waals surface area contributed by atoms with E-state index in [4.69, 9.17) is 32.7 Å². The van der Waals surface area contributed by atoms with E-state index in [2.05, 4.69) is 10.3 Å². The summed E-state index contributed by atoms with van der Waals surface area (Å²) in [6, 6.07) is 8.76. The standard InChI is InChI=1S/C15H14Cl2N2O3/c1-21-12-4-2-3-5-13(12)22-7-6-18-15(20)10-8-11(16)14(17)19-9-10/h2-5,8-9H,6-7H2,1H3,(H,18,20). The van der Waals surface area contributed by atoms with Gasteiger partial charge in [0.2, 0.25) is 0 Å². The average molecular weight is 341 g/mol. The fourth-order valence-electron chi connectivity index (χ4n) is 1.71. The third-order valence-electron chi connectivity index (χ3n) is 2.77. The van der Waals surface area contributed by atoms with Gasteiger partial charge in [-0.3, -0.25) is 4.79 Å². The van der Waals surface area contributed by atoms with Crippen molar-refractivity contribution in [3.05, 3.63) is 52.3 Å². The van der Waals surface area contributed by atoms with Crippen LogP contribution in [0.5, 0.6) is 11.5 Å². The molecule has 0 radical (unpaired) electrons. The largest absolute Gasteiger partial charge is 0.493 e. The number of rotatable bonds is 6. The van der Waals surface area contributed by atoms with E-state index in [9.17, 15) is 4.79 Å². The lowest BCUT2D eigenvalue weighted by Gasteiger charge is -2.11. The number of halogens is 2. The predicted molar refractivity (Wildman–Crippen MR) is 85.1 cm³/mol. The monoisotopic (exact) mass is 340 g/mol. The van der Waals surface area contributed by atoms with E-state index >= 15 is 0 Å². The quantitative estimate of drug-likeness (QED) is 0.647. The maximum Gasteiger partial charge on any atom is 0.253 e. The molecule has 0 aliphatic rings. The zero-order valence-electron chi connectivity index (χ0n) is 11.8. The van der Waals surface area contributed by atoms with Gasteiger partial charge >= 0.3 is 0 Å². The Morgan fingerprint density at radius 1 is 1.27 bits per heavy atom. The van der Waals surface area contributed by atoms with Gasteiger partial charge < -0.3 is 14.8 Å². The van der Waals surface area contributed by atoms with Crippen LogP contribution < -0.4 is 14.8 Å². The molecular weight excluding hydrogens is 327 g/mol. The Kier molecular flexibility index (Phi) is 5.86. The van der Waals surface area contributed by atoms with Crippen molar-refractivity contribution >= 4 is 29.1 Å². The molecule has 0 unspecified atom stereocenters. The van der Waals surface area contributed by atoms with E-state index in [-0.39, 0.29) is 16.1 Å². The number of nitrogens with one attached hydrogen (secondary N) is 1. The minimum Gasteiger partial charge on any atom is -0.493 e. The van der Waals surface area contributed by atoms with Gasteiger partial charge in [-0.05, 0) is 18.2 Å². The molecular formula is C15H14Cl2N2O3. The maximum absolute atomic E-state index is 11.9. The summed E-state index contributed by atoms with van der Waals surface area (Å²) >= 11 is 11.5. The van der Waals surface area contributed by atoms with Crippen molar-refractivity contribution in [1.82, 2.24) is 10.3 Å². The van der Waals surface area contributed by atoms with Crippen LogP contribution in [0.2, 0.25) is 10.2 Å². The van der Waals surface area contributed by atoms with E-state index in [1.807, 2.05) is 12.1 Å². The molecule has 0 aliphatic heterocycles. The van der Waals surface area contributed by atoms with Crippen LogP contribution in [0.1, 0.15) is 10.4 Å². The van der Waals surface area contributed by atoms with Crippen LogP contribution in [0.15, 0.2) is 36.5 Å².